The topological polar surface area (TPSA) is 101 Å². The zero-order valence-electron chi connectivity index (χ0n) is 20.3. The molecule has 0 bridgehead atoms. The lowest BCUT2D eigenvalue weighted by Crippen LogP contribution is -2.43. The SMILES string of the molecule is O=C(CN1Cc2ccc(-c3nc(NC4CCOCC4)ncc3Cl)cc2C1=O)N1CCc2cccnc2C1. The number of nitrogens with one attached hydrogen (secondary N) is 1. The Labute approximate surface area is 219 Å². The molecular weight excluding hydrogens is 492 g/mol. The number of carbonyl (C=O) groups is 2. The van der Waals surface area contributed by atoms with Crippen molar-refractivity contribution in [2.24, 2.45) is 0 Å². The first-order chi connectivity index (χ1) is 18.0. The van der Waals surface area contributed by atoms with Gasteiger partial charge in [-0.2, -0.15) is 0 Å². The van der Waals surface area contributed by atoms with Crippen LogP contribution in [0.25, 0.3) is 11.3 Å². The number of benzene rings is 1. The number of hydrogen-bond donors (Lipinski definition) is 1. The lowest BCUT2D eigenvalue weighted by atomic mass is 10.0. The molecule has 2 amide bonds. The first kappa shape index (κ1) is 23.8. The summed E-state index contributed by atoms with van der Waals surface area (Å²) in [4.78, 5) is 43.1. The molecule has 5 heterocycles. The number of carbonyl (C=O) groups excluding carboxylic acids is 2. The van der Waals surface area contributed by atoms with Gasteiger partial charge in [-0.1, -0.05) is 29.8 Å². The molecule has 0 aliphatic carbocycles. The Balaban J connectivity index is 1.16. The Morgan fingerprint density at radius 2 is 2.00 bits per heavy atom. The Bertz CT molecular complexity index is 1360. The van der Waals surface area contributed by atoms with E-state index >= 15 is 0 Å². The molecule has 2 aromatic heterocycles. The molecule has 6 rings (SSSR count). The van der Waals surface area contributed by atoms with Crippen LogP contribution in [0.15, 0.2) is 42.7 Å². The van der Waals surface area contributed by atoms with E-state index in [4.69, 9.17) is 16.3 Å². The number of fused-ring (bicyclic) bond motifs is 2. The average Bonchev–Trinajstić information content (AvgIpc) is 3.24. The first-order valence-electron chi connectivity index (χ1n) is 12.5. The van der Waals surface area contributed by atoms with Crippen LogP contribution < -0.4 is 5.32 Å². The number of rotatable bonds is 5. The molecule has 0 spiro atoms. The predicted molar refractivity (Wildman–Crippen MR) is 138 cm³/mol. The standard InChI is InChI=1S/C27H27ClN6O3/c28-22-13-30-27(31-20-6-10-37-11-7-20)32-25(22)18-3-4-19-14-34(26(36)21(19)12-18)16-24(35)33-9-5-17-2-1-8-29-23(17)15-33/h1-4,8,12-13,20H,5-7,9-11,14-16H2,(H,30,31,32). The van der Waals surface area contributed by atoms with E-state index in [-0.39, 0.29) is 24.4 Å². The third-order valence-electron chi connectivity index (χ3n) is 7.22. The fourth-order valence-corrected chi connectivity index (χ4v) is 5.33. The summed E-state index contributed by atoms with van der Waals surface area (Å²) < 4.78 is 5.42. The van der Waals surface area contributed by atoms with Crippen LogP contribution in [-0.2, 0) is 29.0 Å². The molecule has 0 unspecified atom stereocenters. The Morgan fingerprint density at radius 3 is 2.86 bits per heavy atom. The highest BCUT2D eigenvalue weighted by Gasteiger charge is 2.31. The van der Waals surface area contributed by atoms with E-state index in [2.05, 4.69) is 26.3 Å². The van der Waals surface area contributed by atoms with Crippen LogP contribution >= 0.6 is 11.6 Å². The lowest BCUT2D eigenvalue weighted by Gasteiger charge is -2.29. The minimum Gasteiger partial charge on any atom is -0.381 e. The largest absolute Gasteiger partial charge is 0.381 e. The maximum atomic E-state index is 13.3. The maximum Gasteiger partial charge on any atom is 0.254 e. The van der Waals surface area contributed by atoms with Gasteiger partial charge in [0.2, 0.25) is 11.9 Å². The van der Waals surface area contributed by atoms with Gasteiger partial charge in [-0.3, -0.25) is 14.6 Å². The Hall–Kier alpha value is -3.56. The molecule has 1 saturated heterocycles. The molecule has 37 heavy (non-hydrogen) atoms. The summed E-state index contributed by atoms with van der Waals surface area (Å²) in [6.07, 6.45) is 5.89. The molecule has 190 valence electrons. The Morgan fingerprint density at radius 1 is 1.14 bits per heavy atom. The highest BCUT2D eigenvalue weighted by Crippen LogP contribution is 2.32. The van der Waals surface area contributed by atoms with Gasteiger partial charge in [0.05, 0.1) is 29.2 Å². The normalized spacial score (nSPS) is 17.5. The van der Waals surface area contributed by atoms with Crippen molar-refractivity contribution in [2.45, 2.75) is 38.4 Å². The molecule has 1 fully saturated rings. The molecule has 1 aromatic carbocycles. The molecule has 9 nitrogen and oxygen atoms in total. The highest BCUT2D eigenvalue weighted by atomic mass is 35.5. The number of nitrogens with zero attached hydrogens (tertiary/aromatic N) is 5. The van der Waals surface area contributed by atoms with Gasteiger partial charge in [-0.25, -0.2) is 9.97 Å². The van der Waals surface area contributed by atoms with Crippen molar-refractivity contribution in [1.82, 2.24) is 24.8 Å². The number of pyridine rings is 1. The lowest BCUT2D eigenvalue weighted by molar-refractivity contribution is -0.132. The van der Waals surface area contributed by atoms with E-state index in [9.17, 15) is 9.59 Å². The summed E-state index contributed by atoms with van der Waals surface area (Å²) in [5.74, 6) is 0.273. The molecule has 10 heteroatoms. The zero-order chi connectivity index (χ0) is 25.4. The van der Waals surface area contributed by atoms with Crippen molar-refractivity contribution in [3.63, 3.8) is 0 Å². The van der Waals surface area contributed by atoms with Crippen molar-refractivity contribution in [3.05, 3.63) is 70.1 Å². The molecule has 1 N–H and O–H groups in total. The minimum absolute atomic E-state index is 0.0401. The van der Waals surface area contributed by atoms with Crippen LogP contribution in [0, 0.1) is 0 Å². The van der Waals surface area contributed by atoms with Gasteiger partial charge in [0.15, 0.2) is 0 Å². The Kier molecular flexibility index (Phi) is 6.48. The third-order valence-corrected chi connectivity index (χ3v) is 7.49. The number of amides is 2. The molecular formula is C27H27ClN6O3. The minimum atomic E-state index is -0.161. The molecule has 0 atom stereocenters. The quantitative estimate of drug-likeness (QED) is 0.553. The van der Waals surface area contributed by atoms with Gasteiger partial charge >= 0.3 is 0 Å². The van der Waals surface area contributed by atoms with Gasteiger partial charge in [0, 0.05) is 49.7 Å². The number of hydrogen-bond acceptors (Lipinski definition) is 7. The first-order valence-corrected chi connectivity index (χ1v) is 12.9. The van der Waals surface area contributed by atoms with Gasteiger partial charge in [0.1, 0.15) is 6.54 Å². The summed E-state index contributed by atoms with van der Waals surface area (Å²) in [5.41, 5.74) is 4.87. The maximum absolute atomic E-state index is 13.3. The average molecular weight is 519 g/mol. The zero-order valence-corrected chi connectivity index (χ0v) is 21.1. The van der Waals surface area contributed by atoms with Gasteiger partial charge in [0.25, 0.3) is 5.91 Å². The van der Waals surface area contributed by atoms with Crippen LogP contribution in [0.3, 0.4) is 0 Å². The van der Waals surface area contributed by atoms with E-state index in [1.165, 1.54) is 5.56 Å². The fraction of sp³-hybridized carbons (Fsp3) is 0.370. The predicted octanol–water partition coefficient (Wildman–Crippen LogP) is 3.32. The number of aromatic nitrogens is 3. The monoisotopic (exact) mass is 518 g/mol. The second kappa shape index (κ2) is 10.1. The smallest absolute Gasteiger partial charge is 0.254 e. The highest BCUT2D eigenvalue weighted by molar-refractivity contribution is 6.33. The number of ether oxygens (including phenoxy) is 1. The van der Waals surface area contributed by atoms with E-state index in [1.54, 1.807) is 22.2 Å². The summed E-state index contributed by atoms with van der Waals surface area (Å²) >= 11 is 6.46. The van der Waals surface area contributed by atoms with Crippen LogP contribution in [0.5, 0.6) is 0 Å². The van der Waals surface area contributed by atoms with Crippen LogP contribution in [-0.4, -0.2) is 68.9 Å². The van der Waals surface area contributed by atoms with Crippen molar-refractivity contribution in [1.29, 1.82) is 0 Å². The summed E-state index contributed by atoms with van der Waals surface area (Å²) in [5, 5.41) is 3.77. The summed E-state index contributed by atoms with van der Waals surface area (Å²) in [6, 6.07) is 9.86. The van der Waals surface area contributed by atoms with Crippen molar-refractivity contribution in [3.8, 4) is 11.3 Å². The van der Waals surface area contributed by atoms with Gasteiger partial charge in [-0.05, 0) is 42.5 Å². The van der Waals surface area contributed by atoms with E-state index in [0.717, 1.165) is 36.1 Å². The number of halogens is 1. The van der Waals surface area contributed by atoms with Crippen LogP contribution in [0.1, 0.15) is 40.0 Å². The molecule has 0 saturated carbocycles. The summed E-state index contributed by atoms with van der Waals surface area (Å²) in [7, 11) is 0. The fourth-order valence-electron chi connectivity index (χ4n) is 5.13. The second-order valence-corrected chi connectivity index (χ2v) is 10.0. The van der Waals surface area contributed by atoms with Crippen molar-refractivity contribution in [2.75, 3.05) is 31.6 Å². The molecule has 3 aromatic rings. The third kappa shape index (κ3) is 4.89. The second-order valence-electron chi connectivity index (χ2n) is 9.63. The van der Waals surface area contributed by atoms with Crippen LogP contribution in [0.2, 0.25) is 5.02 Å². The van der Waals surface area contributed by atoms with E-state index in [1.807, 2.05) is 24.3 Å². The van der Waals surface area contributed by atoms with Gasteiger partial charge in [-0.15, -0.1) is 0 Å². The van der Waals surface area contributed by atoms with Gasteiger partial charge < -0.3 is 19.9 Å². The van der Waals surface area contributed by atoms with E-state index in [0.29, 0.717) is 55.1 Å². The molecule has 0 radical (unpaired) electrons. The molecule has 3 aliphatic rings. The van der Waals surface area contributed by atoms with E-state index < -0.39 is 0 Å². The van der Waals surface area contributed by atoms with Crippen molar-refractivity contribution < 1.29 is 14.3 Å². The summed E-state index contributed by atoms with van der Waals surface area (Å²) in [6.45, 7) is 2.98. The van der Waals surface area contributed by atoms with Crippen molar-refractivity contribution >= 4 is 29.4 Å². The number of anilines is 1. The molecule has 3 aliphatic heterocycles. The van der Waals surface area contributed by atoms with Crippen LogP contribution in [0.4, 0.5) is 5.95 Å².